The second-order valence-corrected chi connectivity index (χ2v) is 2.89. The molecule has 4 nitrogen and oxygen atoms in total. The molecule has 0 amide bonds. The highest BCUT2D eigenvalue weighted by molar-refractivity contribution is 5.69. The summed E-state index contributed by atoms with van der Waals surface area (Å²) in [5, 5.41) is 16.9. The molecule has 2 atom stereocenters. The number of hydrogen-bond acceptors (Lipinski definition) is 3. The average molecular weight is 145 g/mol. The number of nitrogens with two attached hydrogens (primary N) is 1. The van der Waals surface area contributed by atoms with Gasteiger partial charge in [-0.05, 0) is 6.42 Å². The van der Waals surface area contributed by atoms with Gasteiger partial charge in [0.05, 0.1) is 6.42 Å². The Hall–Kier alpha value is -0.610. The van der Waals surface area contributed by atoms with Crippen LogP contribution in [0.1, 0.15) is 12.8 Å². The van der Waals surface area contributed by atoms with Gasteiger partial charge in [-0.3, -0.25) is 4.79 Å². The fourth-order valence-electron chi connectivity index (χ4n) is 1.14. The number of aliphatic carboxylic acids is 1. The maximum Gasteiger partial charge on any atom is 0.305 e. The first-order chi connectivity index (χ1) is 4.58. The van der Waals surface area contributed by atoms with Crippen molar-refractivity contribution in [1.29, 1.82) is 0 Å². The zero-order valence-electron chi connectivity index (χ0n) is 5.58. The van der Waals surface area contributed by atoms with Gasteiger partial charge in [-0.2, -0.15) is 0 Å². The minimum Gasteiger partial charge on any atom is -0.481 e. The van der Waals surface area contributed by atoms with Gasteiger partial charge in [0.2, 0.25) is 0 Å². The van der Waals surface area contributed by atoms with Gasteiger partial charge in [0.25, 0.3) is 0 Å². The lowest BCUT2D eigenvalue weighted by Gasteiger charge is -2.04. The second kappa shape index (κ2) is 2.21. The van der Waals surface area contributed by atoms with Crippen molar-refractivity contribution in [2.75, 3.05) is 6.61 Å². The largest absolute Gasteiger partial charge is 0.481 e. The van der Waals surface area contributed by atoms with Gasteiger partial charge in [0.1, 0.15) is 0 Å². The third kappa shape index (κ3) is 1.27. The molecule has 1 aliphatic rings. The lowest BCUT2D eigenvalue weighted by molar-refractivity contribution is -0.137. The third-order valence-corrected chi connectivity index (χ3v) is 1.98. The van der Waals surface area contributed by atoms with Crippen molar-refractivity contribution in [2.24, 2.45) is 11.7 Å². The molecule has 1 rings (SSSR count). The van der Waals surface area contributed by atoms with Crippen LogP contribution < -0.4 is 5.73 Å². The zero-order valence-corrected chi connectivity index (χ0v) is 5.58. The van der Waals surface area contributed by atoms with Crippen molar-refractivity contribution < 1.29 is 15.0 Å². The van der Waals surface area contributed by atoms with Crippen LogP contribution in [0.2, 0.25) is 0 Å². The summed E-state index contributed by atoms with van der Waals surface area (Å²) in [4.78, 5) is 10.2. The number of carbonyl (C=O) groups is 1. The van der Waals surface area contributed by atoms with Crippen LogP contribution in [-0.4, -0.2) is 28.3 Å². The molecule has 0 aromatic carbocycles. The standard InChI is InChI=1S/C6H11NO3/c7-6(2-5(9)10)1-4(6)3-8/h4,8H,1-3,7H2,(H,9,10)/t4-,6-/m1/s1. The van der Waals surface area contributed by atoms with Gasteiger partial charge in [-0.15, -0.1) is 0 Å². The van der Waals surface area contributed by atoms with E-state index in [1.54, 1.807) is 0 Å². The molecule has 0 saturated heterocycles. The lowest BCUT2D eigenvalue weighted by Crippen LogP contribution is -2.29. The molecule has 1 saturated carbocycles. The molecule has 4 heteroatoms. The van der Waals surface area contributed by atoms with Gasteiger partial charge in [-0.1, -0.05) is 0 Å². The van der Waals surface area contributed by atoms with Crippen LogP contribution in [-0.2, 0) is 4.79 Å². The minimum atomic E-state index is -0.890. The summed E-state index contributed by atoms with van der Waals surface area (Å²) in [5.74, 6) is -0.887. The Morgan fingerprint density at radius 2 is 2.40 bits per heavy atom. The van der Waals surface area contributed by atoms with E-state index in [1.807, 2.05) is 0 Å². The van der Waals surface area contributed by atoms with Gasteiger partial charge in [-0.25, -0.2) is 0 Å². The second-order valence-electron chi connectivity index (χ2n) is 2.89. The number of carboxylic acid groups (broad SMARTS) is 1. The molecular weight excluding hydrogens is 134 g/mol. The first-order valence-electron chi connectivity index (χ1n) is 3.20. The van der Waals surface area contributed by atoms with Crippen molar-refractivity contribution in [3.8, 4) is 0 Å². The molecule has 0 aromatic rings. The summed E-state index contributed by atoms with van der Waals surface area (Å²) < 4.78 is 0. The number of rotatable bonds is 3. The Kier molecular flexibility index (Phi) is 1.66. The molecule has 0 spiro atoms. The lowest BCUT2D eigenvalue weighted by atomic mass is 10.1. The first-order valence-corrected chi connectivity index (χ1v) is 3.20. The molecule has 58 valence electrons. The first kappa shape index (κ1) is 7.50. The summed E-state index contributed by atoms with van der Waals surface area (Å²) in [6.45, 7) is 0.00375. The van der Waals surface area contributed by atoms with E-state index in [4.69, 9.17) is 15.9 Å². The fourth-order valence-corrected chi connectivity index (χ4v) is 1.14. The van der Waals surface area contributed by atoms with Crippen LogP contribution in [0.3, 0.4) is 0 Å². The molecular formula is C6H11NO3. The van der Waals surface area contributed by atoms with Crippen molar-refractivity contribution in [2.45, 2.75) is 18.4 Å². The van der Waals surface area contributed by atoms with Crippen molar-refractivity contribution in [3.05, 3.63) is 0 Å². The van der Waals surface area contributed by atoms with Crippen molar-refractivity contribution >= 4 is 5.97 Å². The van der Waals surface area contributed by atoms with E-state index in [1.165, 1.54) is 0 Å². The van der Waals surface area contributed by atoms with Crippen LogP contribution in [0.4, 0.5) is 0 Å². The van der Waals surface area contributed by atoms with E-state index in [0.717, 1.165) is 0 Å². The SMILES string of the molecule is N[C@@]1(CC(=O)O)C[C@@H]1CO. The predicted octanol–water partition coefficient (Wildman–Crippen LogP) is -0.829. The monoisotopic (exact) mass is 145 g/mol. The van der Waals surface area contributed by atoms with Gasteiger partial charge >= 0.3 is 5.97 Å². The van der Waals surface area contributed by atoms with Crippen LogP contribution in [0.15, 0.2) is 0 Å². The maximum absolute atomic E-state index is 10.2. The van der Waals surface area contributed by atoms with E-state index in [9.17, 15) is 4.79 Å². The third-order valence-electron chi connectivity index (χ3n) is 1.98. The average Bonchev–Trinajstić information content (AvgIpc) is 2.39. The molecule has 1 fully saturated rings. The zero-order chi connectivity index (χ0) is 7.78. The highest BCUT2D eigenvalue weighted by Crippen LogP contribution is 2.42. The quantitative estimate of drug-likeness (QED) is 0.484. The Bertz CT molecular complexity index is 159. The van der Waals surface area contributed by atoms with E-state index in [0.29, 0.717) is 6.42 Å². The van der Waals surface area contributed by atoms with Crippen LogP contribution in [0.5, 0.6) is 0 Å². The van der Waals surface area contributed by atoms with E-state index < -0.39 is 11.5 Å². The Balaban J connectivity index is 2.36. The molecule has 1 aliphatic carbocycles. The predicted molar refractivity (Wildman–Crippen MR) is 34.4 cm³/mol. The molecule has 0 aliphatic heterocycles. The van der Waals surface area contributed by atoms with Gasteiger partial charge < -0.3 is 15.9 Å². The smallest absolute Gasteiger partial charge is 0.305 e. The van der Waals surface area contributed by atoms with E-state index in [2.05, 4.69) is 0 Å². The Morgan fingerprint density at radius 1 is 1.80 bits per heavy atom. The number of carboxylic acids is 1. The molecule has 10 heavy (non-hydrogen) atoms. The molecule has 0 radical (unpaired) electrons. The fraction of sp³-hybridized carbons (Fsp3) is 0.833. The van der Waals surface area contributed by atoms with Crippen molar-refractivity contribution in [3.63, 3.8) is 0 Å². The Morgan fingerprint density at radius 3 is 2.70 bits per heavy atom. The number of aliphatic hydroxyl groups excluding tert-OH is 1. The van der Waals surface area contributed by atoms with Crippen LogP contribution in [0, 0.1) is 5.92 Å². The number of aliphatic hydroxyl groups is 1. The maximum atomic E-state index is 10.2. The molecule has 0 unspecified atom stereocenters. The molecule has 4 N–H and O–H groups in total. The molecule has 0 heterocycles. The van der Waals surface area contributed by atoms with Crippen LogP contribution in [0.25, 0.3) is 0 Å². The summed E-state index contributed by atoms with van der Waals surface area (Å²) in [5.41, 5.74) is 4.95. The highest BCUT2D eigenvalue weighted by Gasteiger charge is 2.51. The Labute approximate surface area is 58.6 Å². The van der Waals surface area contributed by atoms with E-state index in [-0.39, 0.29) is 18.9 Å². The van der Waals surface area contributed by atoms with Gasteiger partial charge in [0.15, 0.2) is 0 Å². The summed E-state index contributed by atoms with van der Waals surface area (Å²) >= 11 is 0. The van der Waals surface area contributed by atoms with Crippen LogP contribution >= 0.6 is 0 Å². The normalized spacial score (nSPS) is 37.6. The molecule has 0 bridgehead atoms. The van der Waals surface area contributed by atoms with Crippen molar-refractivity contribution in [1.82, 2.24) is 0 Å². The topological polar surface area (TPSA) is 83.6 Å². The van der Waals surface area contributed by atoms with E-state index >= 15 is 0 Å². The summed E-state index contributed by atoms with van der Waals surface area (Å²) in [6.07, 6.45) is 0.605. The van der Waals surface area contributed by atoms with Gasteiger partial charge in [0, 0.05) is 18.1 Å². The minimum absolute atomic E-state index is 0.00333. The highest BCUT2D eigenvalue weighted by atomic mass is 16.4. The number of hydrogen-bond donors (Lipinski definition) is 3. The summed E-state index contributed by atoms with van der Waals surface area (Å²) in [7, 11) is 0. The summed E-state index contributed by atoms with van der Waals surface area (Å²) in [6, 6.07) is 0. The molecule has 0 aromatic heterocycles.